The molecule has 0 aliphatic rings. The lowest BCUT2D eigenvalue weighted by Gasteiger charge is -2.08. The molecular weight excluding hydrogens is 242 g/mol. The lowest BCUT2D eigenvalue weighted by Crippen LogP contribution is -2.24. The highest BCUT2D eigenvalue weighted by atomic mass is 16.3. The molecule has 2 rings (SSSR count). The summed E-state index contributed by atoms with van der Waals surface area (Å²) in [5.41, 5.74) is 1.49. The number of aliphatic hydroxyl groups is 1. The Morgan fingerprint density at radius 1 is 1.53 bits per heavy atom. The smallest absolute Gasteiger partial charge is 0.251 e. The summed E-state index contributed by atoms with van der Waals surface area (Å²) >= 11 is 0. The summed E-state index contributed by atoms with van der Waals surface area (Å²) in [6.07, 6.45) is 3.52. The van der Waals surface area contributed by atoms with Gasteiger partial charge in [-0.2, -0.15) is 5.10 Å². The number of hydrogen-bond acceptors (Lipinski definition) is 3. The molecule has 19 heavy (non-hydrogen) atoms. The largest absolute Gasteiger partial charge is 0.396 e. The summed E-state index contributed by atoms with van der Waals surface area (Å²) in [7, 11) is 0. The third-order valence-corrected chi connectivity index (χ3v) is 3.18. The summed E-state index contributed by atoms with van der Waals surface area (Å²) in [5, 5.41) is 19.6. The number of rotatable bonds is 6. The number of benzene rings is 1. The first-order valence-corrected chi connectivity index (χ1v) is 6.53. The number of aliphatic hydroxyl groups excluding tert-OH is 1. The summed E-state index contributed by atoms with van der Waals surface area (Å²) in [5.74, 6) is 0.214. The fraction of sp³-hybridized carbons (Fsp3) is 0.429. The molecule has 1 unspecified atom stereocenters. The maximum atomic E-state index is 11.9. The van der Waals surface area contributed by atoms with Crippen molar-refractivity contribution >= 4 is 16.8 Å². The van der Waals surface area contributed by atoms with Crippen molar-refractivity contribution in [1.82, 2.24) is 15.5 Å². The summed E-state index contributed by atoms with van der Waals surface area (Å²) in [6.45, 7) is 2.82. The highest BCUT2D eigenvalue weighted by molar-refractivity contribution is 5.97. The first-order valence-electron chi connectivity index (χ1n) is 6.53. The third kappa shape index (κ3) is 3.54. The molecule has 0 spiro atoms. The van der Waals surface area contributed by atoms with E-state index in [2.05, 4.69) is 15.5 Å². The van der Waals surface area contributed by atoms with Crippen LogP contribution in [0.4, 0.5) is 0 Å². The first-order chi connectivity index (χ1) is 9.20. The molecule has 0 aliphatic heterocycles. The molecule has 1 aromatic carbocycles. The van der Waals surface area contributed by atoms with Crippen molar-refractivity contribution < 1.29 is 9.90 Å². The van der Waals surface area contributed by atoms with Crippen molar-refractivity contribution in [3.63, 3.8) is 0 Å². The molecule has 2 aromatic rings. The molecule has 0 radical (unpaired) electrons. The van der Waals surface area contributed by atoms with E-state index in [1.165, 1.54) is 0 Å². The van der Waals surface area contributed by atoms with Gasteiger partial charge in [0.25, 0.3) is 5.91 Å². The zero-order valence-electron chi connectivity index (χ0n) is 11.0. The van der Waals surface area contributed by atoms with E-state index in [0.29, 0.717) is 18.0 Å². The van der Waals surface area contributed by atoms with E-state index < -0.39 is 0 Å². The summed E-state index contributed by atoms with van der Waals surface area (Å²) in [6, 6.07) is 5.47. The van der Waals surface area contributed by atoms with E-state index in [1.54, 1.807) is 18.3 Å². The fourth-order valence-corrected chi connectivity index (χ4v) is 1.92. The molecule has 1 aromatic heterocycles. The molecule has 1 atom stereocenters. The number of nitrogens with zero attached hydrogens (tertiary/aromatic N) is 1. The van der Waals surface area contributed by atoms with Crippen LogP contribution in [-0.4, -0.2) is 34.4 Å². The van der Waals surface area contributed by atoms with Crippen LogP contribution in [0.3, 0.4) is 0 Å². The van der Waals surface area contributed by atoms with E-state index in [-0.39, 0.29) is 12.5 Å². The van der Waals surface area contributed by atoms with Crippen molar-refractivity contribution in [2.24, 2.45) is 5.92 Å². The van der Waals surface area contributed by atoms with Crippen molar-refractivity contribution in [2.75, 3.05) is 13.2 Å². The van der Waals surface area contributed by atoms with E-state index >= 15 is 0 Å². The number of H-pyrrole nitrogens is 1. The Labute approximate surface area is 112 Å². The van der Waals surface area contributed by atoms with Crippen LogP contribution in [0.1, 0.15) is 30.1 Å². The van der Waals surface area contributed by atoms with Crippen molar-refractivity contribution in [3.8, 4) is 0 Å². The van der Waals surface area contributed by atoms with Crippen molar-refractivity contribution in [1.29, 1.82) is 0 Å². The van der Waals surface area contributed by atoms with Gasteiger partial charge in [-0.1, -0.05) is 13.0 Å². The predicted octanol–water partition coefficient (Wildman–Crippen LogP) is 1.70. The Kier molecular flexibility index (Phi) is 4.52. The minimum absolute atomic E-state index is 0.0758. The maximum Gasteiger partial charge on any atom is 0.251 e. The normalized spacial score (nSPS) is 12.5. The molecule has 0 fully saturated rings. The van der Waals surface area contributed by atoms with Gasteiger partial charge < -0.3 is 10.4 Å². The second-order valence-corrected chi connectivity index (χ2v) is 4.86. The maximum absolute atomic E-state index is 11.9. The van der Waals surface area contributed by atoms with Crippen LogP contribution < -0.4 is 5.32 Å². The molecule has 0 saturated heterocycles. The van der Waals surface area contributed by atoms with Gasteiger partial charge in [0.05, 0.1) is 11.7 Å². The predicted molar refractivity (Wildman–Crippen MR) is 73.9 cm³/mol. The van der Waals surface area contributed by atoms with Gasteiger partial charge in [-0.15, -0.1) is 0 Å². The second-order valence-electron chi connectivity index (χ2n) is 4.86. The molecule has 1 heterocycles. The van der Waals surface area contributed by atoms with Crippen LogP contribution >= 0.6 is 0 Å². The first kappa shape index (κ1) is 13.5. The van der Waals surface area contributed by atoms with Gasteiger partial charge in [-0.25, -0.2) is 0 Å². The minimum atomic E-state index is -0.0758. The molecule has 5 nitrogen and oxygen atoms in total. The lowest BCUT2D eigenvalue weighted by atomic mass is 10.1. The van der Waals surface area contributed by atoms with Crippen LogP contribution in [-0.2, 0) is 0 Å². The second kappa shape index (κ2) is 6.33. The average molecular weight is 261 g/mol. The Balaban J connectivity index is 1.85. The molecule has 1 amide bonds. The molecular formula is C14H19N3O2. The Bertz CT molecular complexity index is 550. The van der Waals surface area contributed by atoms with Gasteiger partial charge in [0, 0.05) is 24.1 Å². The molecule has 3 N–H and O–H groups in total. The Morgan fingerprint density at radius 3 is 3.16 bits per heavy atom. The number of hydrogen-bond donors (Lipinski definition) is 3. The molecule has 0 aliphatic carbocycles. The zero-order valence-corrected chi connectivity index (χ0v) is 11.0. The topological polar surface area (TPSA) is 78.0 Å². The van der Waals surface area contributed by atoms with Gasteiger partial charge in [0.1, 0.15) is 0 Å². The van der Waals surface area contributed by atoms with Crippen LogP contribution in [0, 0.1) is 5.92 Å². The van der Waals surface area contributed by atoms with E-state index in [0.717, 1.165) is 23.7 Å². The highest BCUT2D eigenvalue weighted by Crippen LogP contribution is 2.12. The van der Waals surface area contributed by atoms with Gasteiger partial charge >= 0.3 is 0 Å². The highest BCUT2D eigenvalue weighted by Gasteiger charge is 2.07. The van der Waals surface area contributed by atoms with Gasteiger partial charge in [0.15, 0.2) is 0 Å². The Hall–Kier alpha value is -1.88. The van der Waals surface area contributed by atoms with Gasteiger partial charge in [-0.05, 0) is 30.9 Å². The summed E-state index contributed by atoms with van der Waals surface area (Å²) in [4.78, 5) is 11.9. The Morgan fingerprint density at radius 2 is 2.37 bits per heavy atom. The molecule has 102 valence electrons. The van der Waals surface area contributed by atoms with Crippen LogP contribution in [0.2, 0.25) is 0 Å². The quantitative estimate of drug-likeness (QED) is 0.693. The van der Waals surface area contributed by atoms with Crippen molar-refractivity contribution in [3.05, 3.63) is 30.0 Å². The molecule has 5 heteroatoms. The number of carbonyl (C=O) groups excluding carboxylic acids is 1. The number of fused-ring (bicyclic) bond motifs is 1. The fourth-order valence-electron chi connectivity index (χ4n) is 1.92. The zero-order chi connectivity index (χ0) is 13.7. The van der Waals surface area contributed by atoms with Gasteiger partial charge in [-0.3, -0.25) is 9.89 Å². The third-order valence-electron chi connectivity index (χ3n) is 3.18. The summed E-state index contributed by atoms with van der Waals surface area (Å²) < 4.78 is 0. The lowest BCUT2D eigenvalue weighted by molar-refractivity contribution is 0.0952. The standard InChI is InChI=1S/C14H19N3O2/c1-10(9-18)3-2-6-15-14(19)11-4-5-12-8-16-17-13(12)7-11/h4-5,7-8,10,18H,2-3,6,9H2,1H3,(H,15,19)(H,16,17). The minimum Gasteiger partial charge on any atom is -0.396 e. The van der Waals surface area contributed by atoms with E-state index in [4.69, 9.17) is 5.11 Å². The number of amides is 1. The number of aromatic nitrogens is 2. The average Bonchev–Trinajstić information content (AvgIpc) is 2.90. The molecule has 0 bridgehead atoms. The van der Waals surface area contributed by atoms with Crippen LogP contribution in [0.25, 0.3) is 10.9 Å². The van der Waals surface area contributed by atoms with Crippen LogP contribution in [0.15, 0.2) is 24.4 Å². The molecule has 0 saturated carbocycles. The van der Waals surface area contributed by atoms with E-state index in [1.807, 2.05) is 13.0 Å². The van der Waals surface area contributed by atoms with Gasteiger partial charge in [0.2, 0.25) is 0 Å². The number of carbonyl (C=O) groups is 1. The van der Waals surface area contributed by atoms with Crippen LogP contribution in [0.5, 0.6) is 0 Å². The van der Waals surface area contributed by atoms with E-state index in [9.17, 15) is 4.79 Å². The number of nitrogens with one attached hydrogen (secondary N) is 2. The SMILES string of the molecule is CC(CO)CCCNC(=O)c1ccc2cn[nH]c2c1. The monoisotopic (exact) mass is 261 g/mol. The van der Waals surface area contributed by atoms with Crippen molar-refractivity contribution in [2.45, 2.75) is 19.8 Å². The number of aromatic amines is 1.